The van der Waals surface area contributed by atoms with E-state index >= 15 is 0 Å². The molecule has 3 rings (SSSR count). The lowest BCUT2D eigenvalue weighted by Gasteiger charge is -2.15. The summed E-state index contributed by atoms with van der Waals surface area (Å²) >= 11 is 1.36. The maximum Gasteiger partial charge on any atom is 0.264 e. The molecule has 1 aromatic heterocycles. The minimum Gasteiger partial charge on any atom is -0.336 e. The van der Waals surface area contributed by atoms with Gasteiger partial charge in [-0.1, -0.05) is 6.07 Å². The normalized spacial score (nSPS) is 19.3. The lowest BCUT2D eigenvalue weighted by atomic mass is 10.1. The van der Waals surface area contributed by atoms with Crippen molar-refractivity contribution in [2.45, 2.75) is 19.4 Å². The van der Waals surface area contributed by atoms with Crippen LogP contribution in [-0.2, 0) is 0 Å². The van der Waals surface area contributed by atoms with E-state index in [0.717, 1.165) is 16.7 Å². The highest BCUT2D eigenvalue weighted by molar-refractivity contribution is 7.21. The van der Waals surface area contributed by atoms with Gasteiger partial charge in [0.05, 0.1) is 4.88 Å². The quantitative estimate of drug-likeness (QED) is 0.871. The zero-order valence-electron chi connectivity index (χ0n) is 10.6. The maximum atomic E-state index is 13.8. The molecule has 1 atom stereocenters. The summed E-state index contributed by atoms with van der Waals surface area (Å²) < 4.78 is 14.6. The van der Waals surface area contributed by atoms with Gasteiger partial charge in [0.15, 0.2) is 0 Å². The van der Waals surface area contributed by atoms with Crippen molar-refractivity contribution >= 4 is 27.3 Å². The van der Waals surface area contributed by atoms with Gasteiger partial charge >= 0.3 is 0 Å². The summed E-state index contributed by atoms with van der Waals surface area (Å²) in [6, 6.07) is 5.02. The second-order valence-electron chi connectivity index (χ2n) is 4.97. The van der Waals surface area contributed by atoms with Crippen molar-refractivity contribution in [2.24, 2.45) is 5.73 Å². The van der Waals surface area contributed by atoms with Crippen LogP contribution in [0.5, 0.6) is 0 Å². The molecule has 100 valence electrons. The maximum absolute atomic E-state index is 13.8. The molecule has 2 aromatic rings. The molecule has 0 radical (unpaired) electrons. The van der Waals surface area contributed by atoms with Crippen LogP contribution in [0.4, 0.5) is 4.39 Å². The van der Waals surface area contributed by atoms with E-state index in [2.05, 4.69) is 0 Å². The number of fused-ring (bicyclic) bond motifs is 1. The molecule has 0 aliphatic carbocycles. The SMILES string of the molecule is Cc1c(C(=O)N2CC[C@@H](N)C2)sc2cccc(F)c12. The van der Waals surface area contributed by atoms with Gasteiger partial charge in [-0.25, -0.2) is 4.39 Å². The average molecular weight is 278 g/mol. The van der Waals surface area contributed by atoms with Crippen molar-refractivity contribution in [1.82, 2.24) is 4.90 Å². The highest BCUT2D eigenvalue weighted by Gasteiger charge is 2.27. The summed E-state index contributed by atoms with van der Waals surface area (Å²) in [5.74, 6) is -0.283. The Bertz CT molecular complexity index is 652. The van der Waals surface area contributed by atoms with Gasteiger partial charge < -0.3 is 10.6 Å². The molecule has 2 N–H and O–H groups in total. The fraction of sp³-hybridized carbons (Fsp3) is 0.357. The molecule has 1 aliphatic heterocycles. The Morgan fingerprint density at radius 3 is 2.95 bits per heavy atom. The Kier molecular flexibility index (Phi) is 3.03. The first kappa shape index (κ1) is 12.6. The van der Waals surface area contributed by atoms with Crippen molar-refractivity contribution in [3.63, 3.8) is 0 Å². The Morgan fingerprint density at radius 2 is 2.32 bits per heavy atom. The van der Waals surface area contributed by atoms with Gasteiger partial charge in [-0.3, -0.25) is 4.79 Å². The number of rotatable bonds is 1. The van der Waals surface area contributed by atoms with E-state index in [1.54, 1.807) is 11.0 Å². The number of thiophene rings is 1. The highest BCUT2D eigenvalue weighted by Crippen LogP contribution is 2.33. The molecule has 0 bridgehead atoms. The molecule has 0 unspecified atom stereocenters. The topological polar surface area (TPSA) is 46.3 Å². The summed E-state index contributed by atoms with van der Waals surface area (Å²) in [6.45, 7) is 3.09. The molecule has 1 aromatic carbocycles. The second kappa shape index (κ2) is 4.58. The third-order valence-electron chi connectivity index (χ3n) is 3.61. The third-order valence-corrected chi connectivity index (χ3v) is 4.85. The monoisotopic (exact) mass is 278 g/mol. The number of nitrogens with zero attached hydrogens (tertiary/aromatic N) is 1. The van der Waals surface area contributed by atoms with Crippen LogP contribution in [0.25, 0.3) is 10.1 Å². The Balaban J connectivity index is 2.03. The molecule has 1 aliphatic rings. The van der Waals surface area contributed by atoms with E-state index in [-0.39, 0.29) is 17.8 Å². The van der Waals surface area contributed by atoms with Crippen molar-refractivity contribution in [2.75, 3.05) is 13.1 Å². The molecule has 19 heavy (non-hydrogen) atoms. The lowest BCUT2D eigenvalue weighted by molar-refractivity contribution is 0.0795. The molecule has 1 amide bonds. The summed E-state index contributed by atoms with van der Waals surface area (Å²) in [6.07, 6.45) is 0.837. The van der Waals surface area contributed by atoms with Crippen LogP contribution in [-0.4, -0.2) is 29.9 Å². The number of carbonyl (C=O) groups excluding carboxylic acids is 1. The number of halogens is 1. The first-order valence-electron chi connectivity index (χ1n) is 6.30. The third kappa shape index (κ3) is 2.03. The fourth-order valence-electron chi connectivity index (χ4n) is 2.57. The summed E-state index contributed by atoms with van der Waals surface area (Å²) in [5, 5.41) is 0.569. The minimum absolute atomic E-state index is 0.0222. The van der Waals surface area contributed by atoms with Gasteiger partial charge in [0.2, 0.25) is 0 Å². The second-order valence-corrected chi connectivity index (χ2v) is 6.02. The van der Waals surface area contributed by atoms with Crippen molar-refractivity contribution in [3.05, 3.63) is 34.5 Å². The van der Waals surface area contributed by atoms with Gasteiger partial charge in [-0.2, -0.15) is 0 Å². The molecule has 2 heterocycles. The summed E-state index contributed by atoms with van der Waals surface area (Å²) in [5.41, 5.74) is 6.57. The predicted molar refractivity (Wildman–Crippen MR) is 75.0 cm³/mol. The molecule has 5 heteroatoms. The number of aryl methyl sites for hydroxylation is 1. The Morgan fingerprint density at radius 1 is 1.53 bits per heavy atom. The minimum atomic E-state index is -0.261. The van der Waals surface area contributed by atoms with Crippen LogP contribution in [0.2, 0.25) is 0 Å². The molecule has 0 saturated carbocycles. The van der Waals surface area contributed by atoms with Crippen LogP contribution in [0.15, 0.2) is 18.2 Å². The highest BCUT2D eigenvalue weighted by atomic mass is 32.1. The molecule has 3 nitrogen and oxygen atoms in total. The van der Waals surface area contributed by atoms with Gasteiger partial charge in [0, 0.05) is 29.2 Å². The van der Waals surface area contributed by atoms with Crippen LogP contribution in [0, 0.1) is 12.7 Å². The Labute approximate surface area is 114 Å². The predicted octanol–water partition coefficient (Wildman–Crippen LogP) is 2.52. The van der Waals surface area contributed by atoms with Crippen LogP contribution in [0.1, 0.15) is 21.7 Å². The fourth-order valence-corrected chi connectivity index (χ4v) is 3.76. The van der Waals surface area contributed by atoms with Crippen LogP contribution in [0.3, 0.4) is 0 Å². The van der Waals surface area contributed by atoms with Gasteiger partial charge in [-0.05, 0) is 31.0 Å². The van der Waals surface area contributed by atoms with E-state index in [0.29, 0.717) is 23.4 Å². The van der Waals surface area contributed by atoms with Crippen LogP contribution >= 0.6 is 11.3 Å². The van der Waals surface area contributed by atoms with Gasteiger partial charge in [-0.15, -0.1) is 11.3 Å². The van der Waals surface area contributed by atoms with Gasteiger partial charge in [0.1, 0.15) is 5.82 Å². The van der Waals surface area contributed by atoms with E-state index in [4.69, 9.17) is 5.73 Å². The number of likely N-dealkylation sites (tertiary alicyclic amines) is 1. The number of hydrogen-bond donors (Lipinski definition) is 1. The molecular weight excluding hydrogens is 263 g/mol. The number of nitrogens with two attached hydrogens (primary N) is 1. The van der Waals surface area contributed by atoms with Gasteiger partial charge in [0.25, 0.3) is 5.91 Å². The average Bonchev–Trinajstić information content (AvgIpc) is 2.94. The molecule has 0 spiro atoms. The summed E-state index contributed by atoms with van der Waals surface area (Å²) in [7, 11) is 0. The van der Waals surface area contributed by atoms with Crippen molar-refractivity contribution < 1.29 is 9.18 Å². The number of benzene rings is 1. The van der Waals surface area contributed by atoms with E-state index < -0.39 is 0 Å². The molecule has 1 fully saturated rings. The number of carbonyl (C=O) groups is 1. The zero-order chi connectivity index (χ0) is 13.6. The first-order valence-corrected chi connectivity index (χ1v) is 7.12. The summed E-state index contributed by atoms with van der Waals surface area (Å²) in [4.78, 5) is 14.9. The first-order chi connectivity index (χ1) is 9.08. The number of hydrogen-bond acceptors (Lipinski definition) is 3. The Hall–Kier alpha value is -1.46. The van der Waals surface area contributed by atoms with Crippen molar-refractivity contribution in [1.29, 1.82) is 0 Å². The van der Waals surface area contributed by atoms with E-state index in [1.165, 1.54) is 17.4 Å². The van der Waals surface area contributed by atoms with E-state index in [9.17, 15) is 9.18 Å². The molecule has 1 saturated heterocycles. The zero-order valence-corrected chi connectivity index (χ0v) is 11.5. The van der Waals surface area contributed by atoms with Crippen LogP contribution < -0.4 is 5.73 Å². The number of amides is 1. The van der Waals surface area contributed by atoms with Crippen molar-refractivity contribution in [3.8, 4) is 0 Å². The lowest BCUT2D eigenvalue weighted by Crippen LogP contribution is -2.31. The van der Waals surface area contributed by atoms with E-state index in [1.807, 2.05) is 13.0 Å². The molecular formula is C14H15FN2OS. The standard InChI is InChI=1S/C14H15FN2OS/c1-8-12-10(15)3-2-4-11(12)19-13(8)14(18)17-6-5-9(16)7-17/h2-4,9H,5-7,16H2,1H3/t9-/m1/s1. The largest absolute Gasteiger partial charge is 0.336 e. The smallest absolute Gasteiger partial charge is 0.264 e.